The van der Waals surface area contributed by atoms with Gasteiger partial charge in [-0.1, -0.05) is 0 Å². The lowest BCUT2D eigenvalue weighted by atomic mass is 10.1. The highest BCUT2D eigenvalue weighted by Crippen LogP contribution is 2.30. The summed E-state index contributed by atoms with van der Waals surface area (Å²) < 4.78 is 92.6. The number of oxazole rings is 2. The fourth-order valence-corrected chi connectivity index (χ4v) is 3.99. The van der Waals surface area contributed by atoms with Crippen LogP contribution in [-0.4, -0.2) is 18.8 Å². The number of hydrogen-bond donors (Lipinski definition) is 0. The van der Waals surface area contributed by atoms with Crippen molar-refractivity contribution in [1.29, 1.82) is 0 Å². The van der Waals surface area contributed by atoms with E-state index in [1.54, 1.807) is 16.8 Å². The van der Waals surface area contributed by atoms with Gasteiger partial charge in [-0.05, 0) is 34.7 Å². The summed E-state index contributed by atoms with van der Waals surface area (Å²) in [7, 11) is 0. The van der Waals surface area contributed by atoms with E-state index in [4.69, 9.17) is 8.83 Å². The minimum atomic E-state index is -1.23. The Labute approximate surface area is 204 Å². The second kappa shape index (κ2) is 8.79. The molecule has 0 aliphatic carbocycles. The van der Waals surface area contributed by atoms with Crippen LogP contribution in [0.15, 0.2) is 64.2 Å². The largest absolute Gasteiger partial charge is 0.432 e. The van der Waals surface area contributed by atoms with Crippen molar-refractivity contribution in [2.45, 2.75) is 0 Å². The van der Waals surface area contributed by atoms with Crippen molar-refractivity contribution in [3.63, 3.8) is 0 Å². The minimum absolute atomic E-state index is 0.0998. The van der Waals surface area contributed by atoms with Crippen molar-refractivity contribution in [3.05, 3.63) is 94.0 Å². The van der Waals surface area contributed by atoms with Gasteiger partial charge in [0.25, 0.3) is 0 Å². The van der Waals surface area contributed by atoms with Gasteiger partial charge in [0.2, 0.25) is 0 Å². The molecule has 0 N–H and O–H groups in total. The molecule has 0 amide bonds. The van der Waals surface area contributed by atoms with Gasteiger partial charge >= 0.3 is 11.7 Å². The van der Waals surface area contributed by atoms with Crippen LogP contribution in [0.5, 0.6) is 0 Å². The van der Waals surface area contributed by atoms with Crippen LogP contribution in [0.2, 0.25) is 0 Å². The van der Waals surface area contributed by atoms with E-state index in [0.717, 1.165) is 12.1 Å². The number of hydrogen-bond acceptors (Lipinski definition) is 4. The van der Waals surface area contributed by atoms with Crippen LogP contribution in [0, 0.1) is 38.6 Å². The SMILES string of the molecule is Fc1cc(F)c(-c2cn3ccoc3n2)cc1F.Fc1cc(F)c(-c2nc3occn3c2I)cc1F. The summed E-state index contributed by atoms with van der Waals surface area (Å²) in [4.78, 5) is 7.98. The van der Waals surface area contributed by atoms with E-state index in [1.165, 1.54) is 23.1 Å². The van der Waals surface area contributed by atoms with E-state index in [-0.39, 0.29) is 34.2 Å². The monoisotopic (exact) mass is 602 g/mol. The Balaban J connectivity index is 0.000000145. The molecule has 0 bridgehead atoms. The highest BCUT2D eigenvalue weighted by Gasteiger charge is 2.19. The summed E-state index contributed by atoms with van der Waals surface area (Å²) in [5.41, 5.74) is 0.187. The predicted octanol–water partition coefficient (Wildman–Crippen LogP) is 6.63. The Hall–Kier alpha value is -3.75. The number of halogens is 7. The topological polar surface area (TPSA) is 60.9 Å². The first-order valence-corrected chi connectivity index (χ1v) is 10.6. The maximum atomic E-state index is 13.6. The van der Waals surface area contributed by atoms with Crippen LogP contribution < -0.4 is 0 Å². The number of nitrogens with zero attached hydrogens (tertiary/aromatic N) is 4. The van der Waals surface area contributed by atoms with Crippen molar-refractivity contribution in [2.75, 3.05) is 0 Å². The zero-order valence-corrected chi connectivity index (χ0v) is 19.1. The zero-order chi connectivity index (χ0) is 24.9. The van der Waals surface area contributed by atoms with Crippen LogP contribution in [0.1, 0.15) is 0 Å². The third-order valence-electron chi connectivity index (χ3n) is 4.85. The van der Waals surface area contributed by atoms with E-state index < -0.39 is 34.9 Å². The molecule has 6 aromatic rings. The van der Waals surface area contributed by atoms with E-state index >= 15 is 0 Å². The quantitative estimate of drug-likeness (QED) is 0.127. The lowest BCUT2D eigenvalue weighted by Gasteiger charge is -2.01. The number of benzene rings is 2. The van der Waals surface area contributed by atoms with Gasteiger partial charge in [-0.15, -0.1) is 0 Å². The summed E-state index contributed by atoms with van der Waals surface area (Å²) in [6.07, 6.45) is 7.48. The molecule has 6 nitrogen and oxygen atoms in total. The first kappa shape index (κ1) is 23.0. The van der Waals surface area contributed by atoms with E-state index in [1.807, 2.05) is 22.6 Å². The molecule has 0 saturated heterocycles. The summed E-state index contributed by atoms with van der Waals surface area (Å²) >= 11 is 1.93. The molecule has 4 heterocycles. The molecule has 13 heteroatoms. The van der Waals surface area contributed by atoms with E-state index in [2.05, 4.69) is 9.97 Å². The molecule has 178 valence electrons. The molecule has 0 saturated carbocycles. The van der Waals surface area contributed by atoms with Gasteiger partial charge in [0.05, 0.1) is 5.69 Å². The van der Waals surface area contributed by atoms with Crippen LogP contribution in [0.25, 0.3) is 34.2 Å². The van der Waals surface area contributed by atoms with Crippen molar-refractivity contribution in [1.82, 2.24) is 18.8 Å². The molecule has 2 aromatic carbocycles. The van der Waals surface area contributed by atoms with E-state index in [0.29, 0.717) is 15.8 Å². The van der Waals surface area contributed by atoms with Gasteiger partial charge < -0.3 is 8.83 Å². The maximum absolute atomic E-state index is 13.6. The Morgan fingerprint density at radius 2 is 1.23 bits per heavy atom. The van der Waals surface area contributed by atoms with Crippen LogP contribution in [0.4, 0.5) is 26.3 Å². The number of rotatable bonds is 2. The van der Waals surface area contributed by atoms with Crippen molar-refractivity contribution in [2.24, 2.45) is 0 Å². The Bertz CT molecular complexity index is 1670. The van der Waals surface area contributed by atoms with Gasteiger partial charge in [-0.25, -0.2) is 26.3 Å². The molecular weight excluding hydrogens is 593 g/mol. The molecule has 0 atom stereocenters. The molecular formula is C22H9F6IN4O2. The second-order valence-electron chi connectivity index (χ2n) is 7.02. The highest BCUT2D eigenvalue weighted by molar-refractivity contribution is 14.1. The van der Waals surface area contributed by atoms with Crippen LogP contribution >= 0.6 is 22.6 Å². The average Bonchev–Trinajstić information content (AvgIpc) is 3.57. The molecule has 0 unspecified atom stereocenters. The number of aromatic nitrogens is 4. The normalized spacial score (nSPS) is 11.3. The van der Waals surface area contributed by atoms with Crippen molar-refractivity contribution >= 4 is 34.3 Å². The molecule has 4 aromatic heterocycles. The van der Waals surface area contributed by atoms with Gasteiger partial charge in [-0.3, -0.25) is 8.80 Å². The average molecular weight is 602 g/mol. The van der Waals surface area contributed by atoms with Crippen LogP contribution in [0.3, 0.4) is 0 Å². The first-order chi connectivity index (χ1) is 16.7. The fraction of sp³-hybridized carbons (Fsp3) is 0. The molecule has 0 aliphatic heterocycles. The fourth-order valence-electron chi connectivity index (χ4n) is 3.21. The third kappa shape index (κ3) is 4.15. The number of imidazole rings is 2. The first-order valence-electron chi connectivity index (χ1n) is 9.56. The number of fused-ring (bicyclic) bond motifs is 2. The molecule has 0 spiro atoms. The van der Waals surface area contributed by atoms with Gasteiger partial charge in [0.15, 0.2) is 23.3 Å². The van der Waals surface area contributed by atoms with Gasteiger partial charge in [0.1, 0.15) is 33.6 Å². The highest BCUT2D eigenvalue weighted by atomic mass is 127. The van der Waals surface area contributed by atoms with Gasteiger partial charge in [0, 0.05) is 41.9 Å². The molecule has 0 aliphatic rings. The van der Waals surface area contributed by atoms with E-state index in [9.17, 15) is 26.3 Å². The lowest BCUT2D eigenvalue weighted by Crippen LogP contribution is -1.93. The molecule has 6 rings (SSSR count). The molecule has 0 fully saturated rings. The summed E-state index contributed by atoms with van der Waals surface area (Å²) in [6.45, 7) is 0. The van der Waals surface area contributed by atoms with Crippen molar-refractivity contribution < 1.29 is 35.2 Å². The molecule has 0 radical (unpaired) electrons. The maximum Gasteiger partial charge on any atom is 0.307 e. The summed E-state index contributed by atoms with van der Waals surface area (Å²) in [5.74, 6) is -5.92. The van der Waals surface area contributed by atoms with Crippen LogP contribution in [-0.2, 0) is 0 Å². The second-order valence-corrected chi connectivity index (χ2v) is 8.04. The molecule has 35 heavy (non-hydrogen) atoms. The predicted molar refractivity (Wildman–Crippen MR) is 118 cm³/mol. The lowest BCUT2D eigenvalue weighted by molar-refractivity contribution is 0.496. The Kier molecular flexibility index (Phi) is 5.78. The Morgan fingerprint density at radius 3 is 1.89 bits per heavy atom. The van der Waals surface area contributed by atoms with Crippen molar-refractivity contribution in [3.8, 4) is 22.5 Å². The minimum Gasteiger partial charge on any atom is -0.432 e. The smallest absolute Gasteiger partial charge is 0.307 e. The third-order valence-corrected chi connectivity index (χ3v) is 5.88. The Morgan fingerprint density at radius 1 is 0.657 bits per heavy atom. The summed E-state index contributed by atoms with van der Waals surface area (Å²) in [5, 5.41) is 0. The summed E-state index contributed by atoms with van der Waals surface area (Å²) in [6, 6.07) is 2.55. The van der Waals surface area contributed by atoms with Gasteiger partial charge in [-0.2, -0.15) is 9.97 Å². The zero-order valence-electron chi connectivity index (χ0n) is 16.9. The standard InChI is InChI=1S/C11H4F3IN2O.C11H5F3N2O/c12-6-4-8(14)7(13)3-5(6)9-10(15)17-1-2-18-11(17)16-9;12-7-4-9(14)8(13)3-6(7)10-5-16-1-2-17-11(16)15-10/h1-4H;1-5H.